The van der Waals surface area contributed by atoms with E-state index in [2.05, 4.69) is 25.4 Å². The van der Waals surface area contributed by atoms with Crippen LogP contribution in [-0.2, 0) is 6.42 Å². The van der Waals surface area contributed by atoms with E-state index in [1.807, 2.05) is 13.0 Å². The smallest absolute Gasteiger partial charge is 0.243 e. The van der Waals surface area contributed by atoms with Gasteiger partial charge >= 0.3 is 0 Å². The van der Waals surface area contributed by atoms with Crippen molar-refractivity contribution in [2.45, 2.75) is 32.2 Å². The van der Waals surface area contributed by atoms with E-state index in [0.717, 1.165) is 37.2 Å². The summed E-state index contributed by atoms with van der Waals surface area (Å²) in [5.41, 5.74) is 2.75. The summed E-state index contributed by atoms with van der Waals surface area (Å²) in [4.78, 5) is 6.79. The normalized spacial score (nSPS) is 19.6. The molecule has 0 radical (unpaired) electrons. The van der Waals surface area contributed by atoms with Crippen LogP contribution in [0.15, 0.2) is 12.1 Å². The molecule has 1 fully saturated rings. The summed E-state index contributed by atoms with van der Waals surface area (Å²) in [6, 6.07) is 3.91. The number of piperidine rings is 1. The number of nitrogens with zero attached hydrogens (tertiary/aromatic N) is 4. The van der Waals surface area contributed by atoms with E-state index >= 15 is 0 Å². The molecule has 2 aromatic rings. The number of hydrogen-bond donors (Lipinski definition) is 3. The number of anilines is 1. The Labute approximate surface area is 158 Å². The molecule has 4 rings (SSSR count). The highest BCUT2D eigenvalue weighted by molar-refractivity contribution is 5.72. The number of aliphatic hydroxyl groups is 1. The molecule has 8 nitrogen and oxygen atoms in total. The Morgan fingerprint density at radius 1 is 1.33 bits per heavy atom. The number of aromatic nitrogens is 3. The lowest BCUT2D eigenvalue weighted by molar-refractivity contribution is 0.166. The number of aliphatic hydroxyl groups excluding tert-OH is 1. The first kappa shape index (κ1) is 17.9. The molecule has 0 spiro atoms. The van der Waals surface area contributed by atoms with Gasteiger partial charge in [-0.3, -0.25) is 4.90 Å². The van der Waals surface area contributed by atoms with Gasteiger partial charge in [0.1, 0.15) is 17.2 Å². The number of likely N-dealkylation sites (tertiary alicyclic amines) is 1. The molecule has 27 heavy (non-hydrogen) atoms. The highest BCUT2D eigenvalue weighted by Crippen LogP contribution is 2.40. The second-order valence-corrected chi connectivity index (χ2v) is 7.11. The van der Waals surface area contributed by atoms with Crippen LogP contribution in [0.1, 0.15) is 24.1 Å². The van der Waals surface area contributed by atoms with Crippen molar-refractivity contribution in [1.29, 1.82) is 0 Å². The van der Waals surface area contributed by atoms with Crippen molar-refractivity contribution in [3.8, 4) is 22.8 Å². The number of nitrogens with one attached hydrogen (secondary N) is 1. The van der Waals surface area contributed by atoms with E-state index in [1.165, 1.54) is 0 Å². The summed E-state index contributed by atoms with van der Waals surface area (Å²) < 4.78 is 5.49. The Morgan fingerprint density at radius 3 is 3.04 bits per heavy atom. The SMILES string of the molecule is Cc1nc(N[C@@H]2CCCN(CCO)C2)nnc1-c1ccc2c(c1O)CCO2. The first-order chi connectivity index (χ1) is 13.2. The standard InChI is InChI=1S/C19H25N5O3/c1-12-17(15-4-5-16-14(18(15)26)6-10-27-16)22-23-19(20-12)21-13-3-2-7-24(11-13)8-9-25/h4-5,13,25-26H,2-3,6-11H2,1H3,(H,20,21,23)/t13-/m1/s1. The number of phenolic OH excluding ortho intramolecular Hbond substituents is 1. The van der Waals surface area contributed by atoms with Crippen LogP contribution in [0.2, 0.25) is 0 Å². The Bertz CT molecular complexity index is 827. The first-order valence-corrected chi connectivity index (χ1v) is 9.45. The number of rotatable bonds is 5. The lowest BCUT2D eigenvalue weighted by Gasteiger charge is -2.32. The second-order valence-electron chi connectivity index (χ2n) is 7.11. The molecule has 2 aliphatic heterocycles. The number of aryl methyl sites for hydroxylation is 1. The average molecular weight is 371 g/mol. The highest BCUT2D eigenvalue weighted by atomic mass is 16.5. The van der Waals surface area contributed by atoms with Crippen molar-refractivity contribution in [1.82, 2.24) is 20.1 Å². The van der Waals surface area contributed by atoms with Crippen molar-refractivity contribution in [3.05, 3.63) is 23.4 Å². The van der Waals surface area contributed by atoms with Crippen molar-refractivity contribution in [2.24, 2.45) is 0 Å². The largest absolute Gasteiger partial charge is 0.507 e. The number of phenols is 1. The monoisotopic (exact) mass is 371 g/mol. The van der Waals surface area contributed by atoms with Gasteiger partial charge in [0.05, 0.1) is 18.9 Å². The molecule has 0 amide bonds. The molecule has 0 unspecified atom stereocenters. The fourth-order valence-electron chi connectivity index (χ4n) is 3.86. The minimum absolute atomic E-state index is 0.174. The van der Waals surface area contributed by atoms with Crippen LogP contribution in [0.4, 0.5) is 5.95 Å². The van der Waals surface area contributed by atoms with Gasteiger partial charge in [-0.15, -0.1) is 10.2 Å². The average Bonchev–Trinajstić information content (AvgIpc) is 3.13. The van der Waals surface area contributed by atoms with Gasteiger partial charge < -0.3 is 20.3 Å². The van der Waals surface area contributed by atoms with Crippen LogP contribution in [0.25, 0.3) is 11.3 Å². The van der Waals surface area contributed by atoms with E-state index in [-0.39, 0.29) is 18.4 Å². The summed E-state index contributed by atoms with van der Waals surface area (Å²) in [5, 5.41) is 31.6. The van der Waals surface area contributed by atoms with Gasteiger partial charge in [0.25, 0.3) is 0 Å². The van der Waals surface area contributed by atoms with Gasteiger partial charge in [0.15, 0.2) is 0 Å². The van der Waals surface area contributed by atoms with Crippen molar-refractivity contribution < 1.29 is 14.9 Å². The third-order valence-electron chi connectivity index (χ3n) is 5.22. The van der Waals surface area contributed by atoms with Gasteiger partial charge in [-0.1, -0.05) is 0 Å². The minimum Gasteiger partial charge on any atom is -0.507 e. The van der Waals surface area contributed by atoms with Crippen LogP contribution >= 0.6 is 0 Å². The van der Waals surface area contributed by atoms with Gasteiger partial charge in [0, 0.05) is 36.7 Å². The molecule has 0 aliphatic carbocycles. The lowest BCUT2D eigenvalue weighted by atomic mass is 10.0. The molecular weight excluding hydrogens is 346 g/mol. The number of β-amino-alcohol motifs (C(OH)–C–C–N with tert-alkyl or cyclic N) is 1. The quantitative estimate of drug-likeness (QED) is 0.724. The van der Waals surface area contributed by atoms with E-state index in [0.29, 0.717) is 42.5 Å². The van der Waals surface area contributed by atoms with Crippen LogP contribution in [-0.4, -0.2) is 69.2 Å². The molecule has 1 aromatic carbocycles. The van der Waals surface area contributed by atoms with Gasteiger partial charge in [-0.25, -0.2) is 4.98 Å². The van der Waals surface area contributed by atoms with E-state index in [1.54, 1.807) is 6.07 Å². The number of ether oxygens (including phenoxy) is 1. The van der Waals surface area contributed by atoms with Crippen molar-refractivity contribution in [3.63, 3.8) is 0 Å². The zero-order valence-electron chi connectivity index (χ0n) is 15.5. The predicted octanol–water partition coefficient (Wildman–Crippen LogP) is 1.36. The summed E-state index contributed by atoms with van der Waals surface area (Å²) in [6.45, 7) is 5.20. The number of fused-ring (bicyclic) bond motifs is 1. The number of hydrogen-bond acceptors (Lipinski definition) is 8. The van der Waals surface area contributed by atoms with Gasteiger partial charge in [-0.2, -0.15) is 0 Å². The molecule has 0 bridgehead atoms. The Hall–Kier alpha value is -2.45. The van der Waals surface area contributed by atoms with Gasteiger partial charge in [0.2, 0.25) is 5.95 Å². The maximum Gasteiger partial charge on any atom is 0.243 e. The lowest BCUT2D eigenvalue weighted by Crippen LogP contribution is -2.43. The van der Waals surface area contributed by atoms with Crippen LogP contribution < -0.4 is 10.1 Å². The number of aromatic hydroxyl groups is 1. The topological polar surface area (TPSA) is 104 Å². The van der Waals surface area contributed by atoms with Gasteiger partial charge in [-0.05, 0) is 38.4 Å². The van der Waals surface area contributed by atoms with Crippen LogP contribution in [0.5, 0.6) is 11.5 Å². The zero-order chi connectivity index (χ0) is 18.8. The van der Waals surface area contributed by atoms with E-state index in [4.69, 9.17) is 9.84 Å². The maximum atomic E-state index is 10.6. The fourth-order valence-corrected chi connectivity index (χ4v) is 3.86. The van der Waals surface area contributed by atoms with Crippen molar-refractivity contribution >= 4 is 5.95 Å². The summed E-state index contributed by atoms with van der Waals surface area (Å²) in [6.07, 6.45) is 2.81. The molecule has 1 saturated heterocycles. The molecule has 2 aliphatic rings. The molecular formula is C19H25N5O3. The molecule has 1 aromatic heterocycles. The zero-order valence-corrected chi connectivity index (χ0v) is 15.5. The molecule has 3 N–H and O–H groups in total. The Balaban J connectivity index is 1.52. The molecule has 8 heteroatoms. The molecule has 3 heterocycles. The predicted molar refractivity (Wildman–Crippen MR) is 101 cm³/mol. The fraction of sp³-hybridized carbons (Fsp3) is 0.526. The van der Waals surface area contributed by atoms with E-state index < -0.39 is 0 Å². The molecule has 0 saturated carbocycles. The Kier molecular flexibility index (Phi) is 5.09. The third kappa shape index (κ3) is 3.68. The number of benzene rings is 1. The molecule has 144 valence electrons. The minimum atomic E-state index is 0.174. The second kappa shape index (κ2) is 7.66. The summed E-state index contributed by atoms with van der Waals surface area (Å²) in [5.74, 6) is 1.44. The van der Waals surface area contributed by atoms with E-state index in [9.17, 15) is 5.11 Å². The van der Waals surface area contributed by atoms with Crippen molar-refractivity contribution in [2.75, 3.05) is 38.2 Å². The van der Waals surface area contributed by atoms with Crippen LogP contribution in [0.3, 0.4) is 0 Å². The van der Waals surface area contributed by atoms with Crippen LogP contribution in [0, 0.1) is 6.92 Å². The summed E-state index contributed by atoms with van der Waals surface area (Å²) in [7, 11) is 0. The first-order valence-electron chi connectivity index (χ1n) is 9.45. The Morgan fingerprint density at radius 2 is 2.22 bits per heavy atom. The molecule has 1 atom stereocenters. The maximum absolute atomic E-state index is 10.6. The third-order valence-corrected chi connectivity index (χ3v) is 5.22. The summed E-state index contributed by atoms with van der Waals surface area (Å²) >= 11 is 0. The highest BCUT2D eigenvalue weighted by Gasteiger charge is 2.23.